The molecule has 25 heavy (non-hydrogen) atoms. The smallest absolute Gasteiger partial charge is 0.282 e. The summed E-state index contributed by atoms with van der Waals surface area (Å²) in [5.41, 5.74) is 2.76. The molecule has 3 atom stereocenters. The van der Waals surface area contributed by atoms with Crippen LogP contribution in [0.3, 0.4) is 0 Å². The first-order chi connectivity index (χ1) is 12.0. The van der Waals surface area contributed by atoms with Crippen molar-refractivity contribution in [3.8, 4) is 11.5 Å². The van der Waals surface area contributed by atoms with Crippen molar-refractivity contribution in [2.24, 2.45) is 22.4 Å². The van der Waals surface area contributed by atoms with Crippen LogP contribution in [0.2, 0.25) is 0 Å². The number of hydrogen-bond donors (Lipinski definition) is 1. The summed E-state index contributed by atoms with van der Waals surface area (Å²) < 4.78 is 10.4. The second-order valence-corrected chi connectivity index (χ2v) is 7.09. The highest BCUT2D eigenvalue weighted by Gasteiger charge is 2.64. The third-order valence-electron chi connectivity index (χ3n) is 5.71. The summed E-state index contributed by atoms with van der Waals surface area (Å²) in [7, 11) is 0. The van der Waals surface area contributed by atoms with E-state index in [0.29, 0.717) is 17.4 Å². The minimum atomic E-state index is -0.512. The van der Waals surface area contributed by atoms with Gasteiger partial charge >= 0.3 is 0 Å². The van der Waals surface area contributed by atoms with Gasteiger partial charge in [0.2, 0.25) is 12.7 Å². The molecule has 2 saturated carbocycles. The van der Waals surface area contributed by atoms with E-state index in [1.807, 2.05) is 0 Å². The van der Waals surface area contributed by atoms with E-state index in [2.05, 4.69) is 17.5 Å². The van der Waals surface area contributed by atoms with Crippen molar-refractivity contribution in [1.82, 2.24) is 5.43 Å². The fraction of sp³-hybridized carbons (Fsp3) is 0.529. The molecule has 132 valence electrons. The van der Waals surface area contributed by atoms with Crippen LogP contribution in [0, 0.1) is 27.4 Å². The molecule has 0 unspecified atom stereocenters. The SMILES string of the molecule is C[C@@]12CCCC[C@@H]1[C@@H]2C(=O)N/N=C\c1cc2c(cc1[N+](=O)[O-])OCO2. The number of ether oxygens (including phenoxy) is 2. The maximum absolute atomic E-state index is 12.4. The molecule has 0 radical (unpaired) electrons. The first kappa shape index (κ1) is 15.9. The largest absolute Gasteiger partial charge is 0.454 e. The topological polar surface area (TPSA) is 103 Å². The van der Waals surface area contributed by atoms with Gasteiger partial charge in [0.05, 0.1) is 22.8 Å². The van der Waals surface area contributed by atoms with Crippen LogP contribution in [-0.4, -0.2) is 23.8 Å². The highest BCUT2D eigenvalue weighted by atomic mass is 16.7. The summed E-state index contributed by atoms with van der Waals surface area (Å²) in [6, 6.07) is 2.80. The van der Waals surface area contributed by atoms with Gasteiger partial charge in [0.1, 0.15) is 0 Å². The molecule has 4 rings (SSSR count). The number of nitro benzene ring substituents is 1. The number of carbonyl (C=O) groups is 1. The maximum Gasteiger partial charge on any atom is 0.282 e. The van der Waals surface area contributed by atoms with E-state index in [1.165, 1.54) is 31.2 Å². The number of hydrogen-bond acceptors (Lipinski definition) is 6. The monoisotopic (exact) mass is 345 g/mol. The zero-order chi connectivity index (χ0) is 17.6. The molecule has 0 spiro atoms. The Morgan fingerprint density at radius 2 is 2.16 bits per heavy atom. The Kier molecular flexibility index (Phi) is 3.63. The maximum atomic E-state index is 12.4. The van der Waals surface area contributed by atoms with Gasteiger partial charge in [0.15, 0.2) is 11.5 Å². The molecule has 3 aliphatic rings. The Bertz CT molecular complexity index is 778. The lowest BCUT2D eigenvalue weighted by Gasteiger charge is -2.15. The quantitative estimate of drug-likeness (QED) is 0.513. The van der Waals surface area contributed by atoms with Gasteiger partial charge < -0.3 is 9.47 Å². The average Bonchev–Trinajstić information content (AvgIpc) is 2.95. The van der Waals surface area contributed by atoms with E-state index in [-0.39, 0.29) is 35.3 Å². The van der Waals surface area contributed by atoms with Crippen LogP contribution in [0.1, 0.15) is 38.2 Å². The molecule has 1 aromatic rings. The molecule has 8 nitrogen and oxygen atoms in total. The number of benzene rings is 1. The minimum Gasteiger partial charge on any atom is -0.454 e. The lowest BCUT2D eigenvalue weighted by molar-refractivity contribution is -0.385. The number of carbonyl (C=O) groups excluding carboxylic acids is 1. The van der Waals surface area contributed by atoms with E-state index in [1.54, 1.807) is 0 Å². The number of nitrogens with one attached hydrogen (secondary N) is 1. The van der Waals surface area contributed by atoms with Crippen LogP contribution in [0.25, 0.3) is 0 Å². The zero-order valence-corrected chi connectivity index (χ0v) is 13.9. The molecular weight excluding hydrogens is 326 g/mol. The molecule has 1 aliphatic heterocycles. The zero-order valence-electron chi connectivity index (χ0n) is 13.9. The summed E-state index contributed by atoms with van der Waals surface area (Å²) in [5, 5.41) is 15.1. The summed E-state index contributed by atoms with van der Waals surface area (Å²) >= 11 is 0. The predicted octanol–water partition coefficient (Wildman–Crippen LogP) is 2.60. The van der Waals surface area contributed by atoms with Gasteiger partial charge in [-0.25, -0.2) is 5.43 Å². The molecule has 2 fully saturated rings. The van der Waals surface area contributed by atoms with Gasteiger partial charge in [-0.1, -0.05) is 19.8 Å². The number of fused-ring (bicyclic) bond motifs is 2. The highest BCUT2D eigenvalue weighted by Crippen LogP contribution is 2.66. The Morgan fingerprint density at radius 3 is 2.84 bits per heavy atom. The molecule has 1 aromatic carbocycles. The van der Waals surface area contributed by atoms with Gasteiger partial charge in [-0.15, -0.1) is 0 Å². The fourth-order valence-electron chi connectivity index (χ4n) is 4.29. The summed E-state index contributed by atoms with van der Waals surface area (Å²) in [5.74, 6) is 1.10. The van der Waals surface area contributed by atoms with Gasteiger partial charge in [-0.05, 0) is 30.2 Å². The van der Waals surface area contributed by atoms with Gasteiger partial charge in [-0.3, -0.25) is 14.9 Å². The van der Waals surface area contributed by atoms with Crippen molar-refractivity contribution < 1.29 is 19.2 Å². The van der Waals surface area contributed by atoms with Crippen LogP contribution in [0.15, 0.2) is 17.2 Å². The second kappa shape index (κ2) is 5.72. The molecule has 8 heteroatoms. The lowest BCUT2D eigenvalue weighted by Crippen LogP contribution is -2.22. The third-order valence-corrected chi connectivity index (χ3v) is 5.71. The predicted molar refractivity (Wildman–Crippen MR) is 88.5 cm³/mol. The third kappa shape index (κ3) is 2.61. The Balaban J connectivity index is 1.47. The molecule has 1 N–H and O–H groups in total. The Labute approximate surface area is 144 Å². The summed E-state index contributed by atoms with van der Waals surface area (Å²) in [6.45, 7) is 2.19. The number of hydrazone groups is 1. The summed E-state index contributed by atoms with van der Waals surface area (Å²) in [6.07, 6.45) is 5.80. The molecule has 0 saturated heterocycles. The van der Waals surface area contributed by atoms with Crippen LogP contribution >= 0.6 is 0 Å². The Morgan fingerprint density at radius 1 is 1.40 bits per heavy atom. The second-order valence-electron chi connectivity index (χ2n) is 7.09. The molecule has 2 aliphatic carbocycles. The van der Waals surface area contributed by atoms with Crippen LogP contribution in [-0.2, 0) is 4.79 Å². The first-order valence-corrected chi connectivity index (χ1v) is 8.41. The Hall–Kier alpha value is -2.64. The van der Waals surface area contributed by atoms with Crippen molar-refractivity contribution in [1.29, 1.82) is 0 Å². The molecule has 1 heterocycles. The van der Waals surface area contributed by atoms with E-state index in [4.69, 9.17) is 9.47 Å². The number of nitrogens with zero attached hydrogens (tertiary/aromatic N) is 2. The average molecular weight is 345 g/mol. The van der Waals surface area contributed by atoms with Crippen LogP contribution in [0.5, 0.6) is 11.5 Å². The van der Waals surface area contributed by atoms with E-state index in [9.17, 15) is 14.9 Å². The van der Waals surface area contributed by atoms with Crippen molar-refractivity contribution in [2.45, 2.75) is 32.6 Å². The fourth-order valence-corrected chi connectivity index (χ4v) is 4.29. The minimum absolute atomic E-state index is 0.00103. The van der Waals surface area contributed by atoms with Crippen molar-refractivity contribution in [3.63, 3.8) is 0 Å². The first-order valence-electron chi connectivity index (χ1n) is 8.41. The van der Waals surface area contributed by atoms with E-state index in [0.717, 1.165) is 12.8 Å². The molecule has 0 bridgehead atoms. The highest BCUT2D eigenvalue weighted by molar-refractivity contribution is 5.89. The van der Waals surface area contributed by atoms with Crippen LogP contribution in [0.4, 0.5) is 5.69 Å². The summed E-state index contributed by atoms with van der Waals surface area (Å²) in [4.78, 5) is 23.1. The van der Waals surface area contributed by atoms with Crippen LogP contribution < -0.4 is 14.9 Å². The normalized spacial score (nSPS) is 29.3. The number of amides is 1. The molecular formula is C17H19N3O5. The lowest BCUT2D eigenvalue weighted by atomic mass is 9.90. The standard InChI is InChI=1S/C17H19N3O5/c1-17-5-3-2-4-11(17)15(17)16(21)19-18-8-10-6-13-14(25-9-24-13)7-12(10)20(22)23/h6-8,11,15H,2-5,9H2,1H3,(H,19,21)/b18-8-/t11-,15-,17-/m1/s1. The van der Waals surface area contributed by atoms with E-state index < -0.39 is 4.92 Å². The van der Waals surface area contributed by atoms with Gasteiger partial charge in [0, 0.05) is 5.92 Å². The van der Waals surface area contributed by atoms with Gasteiger partial charge in [0.25, 0.3) is 5.69 Å². The van der Waals surface area contributed by atoms with Crippen molar-refractivity contribution in [3.05, 3.63) is 27.8 Å². The van der Waals surface area contributed by atoms with Crippen molar-refractivity contribution in [2.75, 3.05) is 6.79 Å². The number of rotatable bonds is 4. The number of nitro groups is 1. The molecule has 0 aromatic heterocycles. The van der Waals surface area contributed by atoms with E-state index >= 15 is 0 Å². The van der Waals surface area contributed by atoms with Crippen molar-refractivity contribution >= 4 is 17.8 Å². The van der Waals surface area contributed by atoms with Gasteiger partial charge in [-0.2, -0.15) is 5.10 Å². The molecule has 1 amide bonds.